The molecule has 1 fully saturated rings. The van der Waals surface area contributed by atoms with Gasteiger partial charge in [-0.3, -0.25) is 4.98 Å². The summed E-state index contributed by atoms with van der Waals surface area (Å²) in [5, 5.41) is 12.8. The standard InChI is InChI=1S/C15H21N3/c1-11-9-15(14(10-16)12(2)17-11)18-13-7-5-3-4-6-8-13/h9,13H,3-8H2,1-2H3,(H,17,18). The van der Waals surface area contributed by atoms with E-state index in [1.807, 2.05) is 19.9 Å². The Morgan fingerprint density at radius 2 is 1.89 bits per heavy atom. The van der Waals surface area contributed by atoms with E-state index in [4.69, 9.17) is 0 Å². The Morgan fingerprint density at radius 3 is 2.50 bits per heavy atom. The van der Waals surface area contributed by atoms with E-state index in [-0.39, 0.29) is 0 Å². The zero-order chi connectivity index (χ0) is 13.0. The maximum Gasteiger partial charge on any atom is 0.103 e. The monoisotopic (exact) mass is 243 g/mol. The van der Waals surface area contributed by atoms with Crippen molar-refractivity contribution in [2.75, 3.05) is 5.32 Å². The van der Waals surface area contributed by atoms with E-state index in [0.717, 1.165) is 17.1 Å². The number of aryl methyl sites for hydroxylation is 2. The number of hydrogen-bond donors (Lipinski definition) is 1. The van der Waals surface area contributed by atoms with Crippen molar-refractivity contribution in [3.63, 3.8) is 0 Å². The van der Waals surface area contributed by atoms with E-state index in [2.05, 4.69) is 16.4 Å². The maximum absolute atomic E-state index is 9.25. The molecular formula is C15H21N3. The number of pyridine rings is 1. The molecule has 1 heterocycles. The van der Waals surface area contributed by atoms with E-state index < -0.39 is 0 Å². The molecule has 1 aromatic heterocycles. The van der Waals surface area contributed by atoms with Gasteiger partial charge in [0.15, 0.2) is 0 Å². The lowest BCUT2D eigenvalue weighted by atomic mass is 10.1. The third-order valence-electron chi connectivity index (χ3n) is 3.66. The number of rotatable bonds is 2. The van der Waals surface area contributed by atoms with Crippen LogP contribution in [0.4, 0.5) is 5.69 Å². The van der Waals surface area contributed by atoms with Gasteiger partial charge in [-0.15, -0.1) is 0 Å². The largest absolute Gasteiger partial charge is 0.381 e. The van der Waals surface area contributed by atoms with E-state index in [1.165, 1.54) is 38.5 Å². The Balaban J connectivity index is 2.19. The first-order valence-electron chi connectivity index (χ1n) is 6.85. The summed E-state index contributed by atoms with van der Waals surface area (Å²) in [6.45, 7) is 3.89. The third kappa shape index (κ3) is 3.01. The van der Waals surface area contributed by atoms with Crippen molar-refractivity contribution in [2.24, 2.45) is 0 Å². The Hall–Kier alpha value is -1.56. The predicted octanol–water partition coefficient (Wildman–Crippen LogP) is 3.70. The molecule has 3 nitrogen and oxygen atoms in total. The maximum atomic E-state index is 9.25. The fraction of sp³-hybridized carbons (Fsp3) is 0.600. The van der Waals surface area contributed by atoms with Gasteiger partial charge < -0.3 is 5.32 Å². The van der Waals surface area contributed by atoms with Gasteiger partial charge in [0.05, 0.1) is 16.9 Å². The molecule has 1 aliphatic rings. The zero-order valence-electron chi connectivity index (χ0n) is 11.3. The second kappa shape index (κ2) is 5.86. The van der Waals surface area contributed by atoms with Gasteiger partial charge in [-0.2, -0.15) is 5.26 Å². The molecule has 2 rings (SSSR count). The van der Waals surface area contributed by atoms with Crippen molar-refractivity contribution < 1.29 is 0 Å². The molecule has 3 heteroatoms. The van der Waals surface area contributed by atoms with Crippen LogP contribution in [0, 0.1) is 25.2 Å². The van der Waals surface area contributed by atoms with Gasteiger partial charge in [0, 0.05) is 11.7 Å². The first-order chi connectivity index (χ1) is 8.70. The van der Waals surface area contributed by atoms with Crippen LogP contribution in [0.15, 0.2) is 6.07 Å². The lowest BCUT2D eigenvalue weighted by Crippen LogP contribution is -2.19. The molecule has 1 saturated carbocycles. The highest BCUT2D eigenvalue weighted by Crippen LogP contribution is 2.24. The lowest BCUT2D eigenvalue weighted by Gasteiger charge is -2.19. The van der Waals surface area contributed by atoms with E-state index in [1.54, 1.807) is 0 Å². The Kier molecular flexibility index (Phi) is 4.19. The summed E-state index contributed by atoms with van der Waals surface area (Å²) in [6.07, 6.45) is 7.71. The van der Waals surface area contributed by atoms with E-state index in [9.17, 15) is 5.26 Å². The zero-order valence-corrected chi connectivity index (χ0v) is 11.3. The van der Waals surface area contributed by atoms with Gasteiger partial charge in [0.25, 0.3) is 0 Å². The summed E-state index contributed by atoms with van der Waals surface area (Å²) in [5.41, 5.74) is 3.47. The number of aromatic nitrogens is 1. The van der Waals surface area contributed by atoms with Crippen molar-refractivity contribution in [1.82, 2.24) is 4.98 Å². The minimum Gasteiger partial charge on any atom is -0.381 e. The van der Waals surface area contributed by atoms with Crippen LogP contribution >= 0.6 is 0 Å². The molecule has 1 aliphatic carbocycles. The molecule has 0 radical (unpaired) electrons. The highest BCUT2D eigenvalue weighted by atomic mass is 14.9. The molecule has 1 aromatic rings. The molecule has 0 atom stereocenters. The van der Waals surface area contributed by atoms with Gasteiger partial charge in [-0.25, -0.2) is 0 Å². The number of nitrogens with one attached hydrogen (secondary N) is 1. The summed E-state index contributed by atoms with van der Waals surface area (Å²) >= 11 is 0. The van der Waals surface area contributed by atoms with E-state index in [0.29, 0.717) is 11.6 Å². The average Bonchev–Trinajstić information content (AvgIpc) is 2.57. The molecule has 0 saturated heterocycles. The molecule has 0 aromatic carbocycles. The highest BCUT2D eigenvalue weighted by molar-refractivity contribution is 5.60. The Labute approximate surface area is 109 Å². The van der Waals surface area contributed by atoms with Crippen molar-refractivity contribution in [3.05, 3.63) is 23.0 Å². The number of nitrogens with zero attached hydrogens (tertiary/aromatic N) is 2. The summed E-state index contributed by atoms with van der Waals surface area (Å²) < 4.78 is 0. The highest BCUT2D eigenvalue weighted by Gasteiger charge is 2.15. The summed E-state index contributed by atoms with van der Waals surface area (Å²) in [7, 11) is 0. The van der Waals surface area contributed by atoms with Crippen LogP contribution in [0.3, 0.4) is 0 Å². The van der Waals surface area contributed by atoms with Crippen molar-refractivity contribution >= 4 is 5.69 Å². The van der Waals surface area contributed by atoms with E-state index >= 15 is 0 Å². The molecule has 0 amide bonds. The van der Waals surface area contributed by atoms with Crippen LogP contribution in [0.25, 0.3) is 0 Å². The molecular weight excluding hydrogens is 222 g/mol. The molecule has 0 bridgehead atoms. The lowest BCUT2D eigenvalue weighted by molar-refractivity contribution is 0.619. The fourth-order valence-corrected chi connectivity index (χ4v) is 2.73. The minimum absolute atomic E-state index is 0.515. The van der Waals surface area contributed by atoms with Crippen LogP contribution in [-0.4, -0.2) is 11.0 Å². The second-order valence-electron chi connectivity index (χ2n) is 5.22. The molecule has 18 heavy (non-hydrogen) atoms. The Bertz CT molecular complexity index is 452. The third-order valence-corrected chi connectivity index (χ3v) is 3.66. The molecule has 0 unspecified atom stereocenters. The molecule has 0 spiro atoms. The van der Waals surface area contributed by atoms with Crippen LogP contribution in [-0.2, 0) is 0 Å². The summed E-state index contributed by atoms with van der Waals surface area (Å²) in [5.74, 6) is 0. The number of anilines is 1. The van der Waals surface area contributed by atoms with Gasteiger partial charge >= 0.3 is 0 Å². The van der Waals surface area contributed by atoms with Gasteiger partial charge in [-0.1, -0.05) is 25.7 Å². The molecule has 96 valence electrons. The van der Waals surface area contributed by atoms with Crippen LogP contribution in [0.2, 0.25) is 0 Å². The predicted molar refractivity (Wildman–Crippen MR) is 73.5 cm³/mol. The van der Waals surface area contributed by atoms with Crippen molar-refractivity contribution in [3.8, 4) is 6.07 Å². The quantitative estimate of drug-likeness (QED) is 0.806. The van der Waals surface area contributed by atoms with Crippen LogP contribution in [0.1, 0.15) is 55.5 Å². The van der Waals surface area contributed by atoms with Gasteiger partial charge in [0.2, 0.25) is 0 Å². The SMILES string of the molecule is Cc1cc(NC2CCCCCC2)c(C#N)c(C)n1. The number of hydrogen-bond acceptors (Lipinski definition) is 3. The molecule has 1 N–H and O–H groups in total. The van der Waals surface area contributed by atoms with Crippen LogP contribution in [0.5, 0.6) is 0 Å². The first-order valence-corrected chi connectivity index (χ1v) is 6.85. The fourth-order valence-electron chi connectivity index (χ4n) is 2.73. The minimum atomic E-state index is 0.515. The van der Waals surface area contributed by atoms with Gasteiger partial charge in [0.1, 0.15) is 6.07 Å². The first kappa shape index (κ1) is 12.9. The normalized spacial score (nSPS) is 16.9. The Morgan fingerprint density at radius 1 is 1.22 bits per heavy atom. The van der Waals surface area contributed by atoms with Crippen molar-refractivity contribution in [1.29, 1.82) is 5.26 Å². The average molecular weight is 243 g/mol. The van der Waals surface area contributed by atoms with Crippen molar-refractivity contribution in [2.45, 2.75) is 58.4 Å². The second-order valence-corrected chi connectivity index (χ2v) is 5.22. The number of nitriles is 1. The van der Waals surface area contributed by atoms with Gasteiger partial charge in [-0.05, 0) is 32.8 Å². The van der Waals surface area contributed by atoms with Crippen LogP contribution < -0.4 is 5.32 Å². The molecule has 0 aliphatic heterocycles. The smallest absolute Gasteiger partial charge is 0.103 e. The summed E-state index contributed by atoms with van der Waals surface area (Å²) in [6, 6.07) is 4.78. The summed E-state index contributed by atoms with van der Waals surface area (Å²) in [4.78, 5) is 4.35. The topological polar surface area (TPSA) is 48.7 Å².